The summed E-state index contributed by atoms with van der Waals surface area (Å²) in [6.07, 6.45) is 0. The van der Waals surface area contributed by atoms with Gasteiger partial charge in [-0.2, -0.15) is 13.7 Å². The minimum absolute atomic E-state index is 0.131. The Bertz CT molecular complexity index is 546. The summed E-state index contributed by atoms with van der Waals surface area (Å²) in [5, 5.41) is 17.0. The van der Waals surface area contributed by atoms with Crippen LogP contribution in [0.4, 0.5) is 11.4 Å². The molecular weight excluding hydrogens is 240 g/mol. The van der Waals surface area contributed by atoms with E-state index in [2.05, 4.69) is 10.0 Å². The van der Waals surface area contributed by atoms with Gasteiger partial charge in [0.1, 0.15) is 6.07 Å². The molecule has 17 heavy (non-hydrogen) atoms. The molecule has 0 aliphatic heterocycles. The summed E-state index contributed by atoms with van der Waals surface area (Å²) in [4.78, 5) is 0. The van der Waals surface area contributed by atoms with E-state index in [1.807, 2.05) is 19.9 Å². The Balaban J connectivity index is 3.20. The number of nitrogens with zero attached hydrogens (tertiary/aromatic N) is 1. The van der Waals surface area contributed by atoms with Crippen LogP contribution < -0.4 is 15.2 Å². The molecule has 7 heteroatoms. The number of nitrogens with one attached hydrogen (secondary N) is 2. The molecule has 0 amide bonds. The van der Waals surface area contributed by atoms with Gasteiger partial charge in [0.05, 0.1) is 16.9 Å². The maximum atomic E-state index is 10.9. The van der Waals surface area contributed by atoms with Gasteiger partial charge in [-0.25, -0.2) is 5.14 Å². The van der Waals surface area contributed by atoms with Gasteiger partial charge in [-0.1, -0.05) is 6.07 Å². The van der Waals surface area contributed by atoms with Crippen LogP contribution in [0.1, 0.15) is 19.4 Å². The van der Waals surface area contributed by atoms with Crippen LogP contribution in [0.3, 0.4) is 0 Å². The van der Waals surface area contributed by atoms with Crippen molar-refractivity contribution in [3.63, 3.8) is 0 Å². The molecule has 0 saturated heterocycles. The van der Waals surface area contributed by atoms with Crippen molar-refractivity contribution < 1.29 is 8.42 Å². The lowest BCUT2D eigenvalue weighted by atomic mass is 10.1. The third kappa shape index (κ3) is 3.94. The molecular formula is C10H14N4O2S. The first kappa shape index (κ1) is 13.3. The van der Waals surface area contributed by atoms with Gasteiger partial charge in [-0.3, -0.25) is 4.72 Å². The van der Waals surface area contributed by atoms with Crippen molar-refractivity contribution in [1.29, 1.82) is 5.26 Å². The largest absolute Gasteiger partial charge is 0.382 e. The van der Waals surface area contributed by atoms with E-state index < -0.39 is 10.2 Å². The number of rotatable bonds is 4. The van der Waals surface area contributed by atoms with Crippen LogP contribution in [0.5, 0.6) is 0 Å². The van der Waals surface area contributed by atoms with Crippen molar-refractivity contribution in [1.82, 2.24) is 0 Å². The zero-order chi connectivity index (χ0) is 13.1. The lowest BCUT2D eigenvalue weighted by molar-refractivity contribution is 0.603. The van der Waals surface area contributed by atoms with Crippen LogP contribution in [0, 0.1) is 11.3 Å². The number of nitrogens with two attached hydrogens (primary N) is 1. The maximum Gasteiger partial charge on any atom is 0.296 e. The van der Waals surface area contributed by atoms with Crippen molar-refractivity contribution in [2.24, 2.45) is 5.14 Å². The fraction of sp³-hybridized carbons (Fsp3) is 0.300. The number of hydrogen-bond acceptors (Lipinski definition) is 4. The maximum absolute atomic E-state index is 10.9. The molecule has 0 unspecified atom stereocenters. The highest BCUT2D eigenvalue weighted by atomic mass is 32.2. The molecule has 6 nitrogen and oxygen atoms in total. The molecule has 0 saturated carbocycles. The molecule has 0 aliphatic carbocycles. The van der Waals surface area contributed by atoms with Crippen LogP contribution in [-0.4, -0.2) is 14.5 Å². The van der Waals surface area contributed by atoms with Crippen LogP contribution in [-0.2, 0) is 10.2 Å². The predicted molar refractivity (Wildman–Crippen MR) is 66.6 cm³/mol. The molecule has 0 aliphatic rings. The normalized spacial score (nSPS) is 11.0. The first-order valence-corrected chi connectivity index (χ1v) is 6.48. The standard InChI is InChI=1S/C10H14N4O2S/c1-7(2)13-9-4-3-5-10(8(9)6-11)14-17(12,15)16/h3-5,7,13-14H,1-2H3,(H2,12,15,16). The number of anilines is 2. The van der Waals surface area contributed by atoms with Gasteiger partial charge in [-0.15, -0.1) is 0 Å². The van der Waals surface area contributed by atoms with E-state index in [0.29, 0.717) is 5.69 Å². The molecule has 0 bridgehead atoms. The SMILES string of the molecule is CC(C)Nc1cccc(NS(N)(=O)=O)c1C#N. The van der Waals surface area contributed by atoms with Gasteiger partial charge in [0.2, 0.25) is 0 Å². The van der Waals surface area contributed by atoms with Crippen LogP contribution in [0.2, 0.25) is 0 Å². The smallest absolute Gasteiger partial charge is 0.296 e. The molecule has 0 atom stereocenters. The molecule has 1 aromatic carbocycles. The highest BCUT2D eigenvalue weighted by Gasteiger charge is 2.11. The Morgan fingerprint density at radius 3 is 2.41 bits per heavy atom. The first-order valence-electron chi connectivity index (χ1n) is 4.93. The molecule has 4 N–H and O–H groups in total. The Morgan fingerprint density at radius 2 is 1.94 bits per heavy atom. The van der Waals surface area contributed by atoms with E-state index in [1.54, 1.807) is 12.1 Å². The second-order valence-corrected chi connectivity index (χ2v) is 5.08. The van der Waals surface area contributed by atoms with Gasteiger partial charge >= 0.3 is 0 Å². The molecule has 1 aromatic rings. The van der Waals surface area contributed by atoms with Crippen molar-refractivity contribution in [3.05, 3.63) is 23.8 Å². The van der Waals surface area contributed by atoms with E-state index in [4.69, 9.17) is 10.4 Å². The van der Waals surface area contributed by atoms with Gasteiger partial charge in [0.25, 0.3) is 10.2 Å². The number of benzene rings is 1. The quantitative estimate of drug-likeness (QED) is 0.744. The summed E-state index contributed by atoms with van der Waals surface area (Å²) in [7, 11) is -3.88. The van der Waals surface area contributed by atoms with Crippen molar-refractivity contribution in [2.75, 3.05) is 10.0 Å². The molecule has 0 fully saturated rings. The zero-order valence-electron chi connectivity index (χ0n) is 9.56. The molecule has 0 heterocycles. The molecule has 92 valence electrons. The highest BCUT2D eigenvalue weighted by molar-refractivity contribution is 7.90. The van der Waals surface area contributed by atoms with E-state index >= 15 is 0 Å². The summed E-state index contributed by atoms with van der Waals surface area (Å²) in [6.45, 7) is 3.84. The molecule has 0 radical (unpaired) electrons. The van der Waals surface area contributed by atoms with Crippen molar-refractivity contribution >= 4 is 21.6 Å². The molecule has 0 aromatic heterocycles. The summed E-state index contributed by atoms with van der Waals surface area (Å²) in [5.41, 5.74) is 0.951. The lowest BCUT2D eigenvalue weighted by Gasteiger charge is -2.14. The average Bonchev–Trinajstić information content (AvgIpc) is 2.14. The summed E-state index contributed by atoms with van der Waals surface area (Å²) in [5.74, 6) is 0. The Kier molecular flexibility index (Phi) is 3.93. The summed E-state index contributed by atoms with van der Waals surface area (Å²) in [6, 6.07) is 6.90. The predicted octanol–water partition coefficient (Wildman–Crippen LogP) is 0.994. The van der Waals surface area contributed by atoms with Crippen LogP contribution in [0.25, 0.3) is 0 Å². The van der Waals surface area contributed by atoms with E-state index in [1.165, 1.54) is 6.07 Å². The average molecular weight is 254 g/mol. The Labute approximate surface area is 101 Å². The van der Waals surface area contributed by atoms with Gasteiger partial charge in [0, 0.05) is 6.04 Å². The summed E-state index contributed by atoms with van der Waals surface area (Å²) < 4.78 is 24.0. The second-order valence-electron chi connectivity index (χ2n) is 3.79. The zero-order valence-corrected chi connectivity index (χ0v) is 10.4. The fourth-order valence-electron chi connectivity index (χ4n) is 1.34. The Morgan fingerprint density at radius 1 is 1.35 bits per heavy atom. The number of nitriles is 1. The van der Waals surface area contributed by atoms with Crippen LogP contribution in [0.15, 0.2) is 18.2 Å². The van der Waals surface area contributed by atoms with Gasteiger partial charge in [0.15, 0.2) is 0 Å². The van der Waals surface area contributed by atoms with Crippen LogP contribution >= 0.6 is 0 Å². The second kappa shape index (κ2) is 5.03. The number of hydrogen-bond donors (Lipinski definition) is 3. The fourth-order valence-corrected chi connectivity index (χ4v) is 1.82. The van der Waals surface area contributed by atoms with E-state index in [9.17, 15) is 8.42 Å². The van der Waals surface area contributed by atoms with Crippen molar-refractivity contribution in [3.8, 4) is 6.07 Å². The lowest BCUT2D eigenvalue weighted by Crippen LogP contribution is -2.22. The van der Waals surface area contributed by atoms with Crippen molar-refractivity contribution in [2.45, 2.75) is 19.9 Å². The highest BCUT2D eigenvalue weighted by Crippen LogP contribution is 2.24. The van der Waals surface area contributed by atoms with E-state index in [-0.39, 0.29) is 17.3 Å². The van der Waals surface area contributed by atoms with Gasteiger partial charge < -0.3 is 5.32 Å². The minimum atomic E-state index is -3.88. The molecule has 0 spiro atoms. The van der Waals surface area contributed by atoms with Gasteiger partial charge in [-0.05, 0) is 26.0 Å². The third-order valence-corrected chi connectivity index (χ3v) is 2.38. The minimum Gasteiger partial charge on any atom is -0.382 e. The topological polar surface area (TPSA) is 108 Å². The van der Waals surface area contributed by atoms with E-state index in [0.717, 1.165) is 0 Å². The monoisotopic (exact) mass is 254 g/mol. The third-order valence-electron chi connectivity index (χ3n) is 1.87. The first-order chi connectivity index (χ1) is 7.83. The summed E-state index contributed by atoms with van der Waals surface area (Å²) >= 11 is 0. The Hall–Kier alpha value is -1.78. The molecule has 1 rings (SSSR count).